The highest BCUT2D eigenvalue weighted by molar-refractivity contribution is 6.06. The van der Waals surface area contributed by atoms with Crippen molar-refractivity contribution in [1.29, 1.82) is 0 Å². The minimum atomic E-state index is -0.203. The van der Waals surface area contributed by atoms with Gasteiger partial charge in [0.15, 0.2) is 0 Å². The summed E-state index contributed by atoms with van der Waals surface area (Å²) >= 11 is 0. The Bertz CT molecular complexity index is 1090. The van der Waals surface area contributed by atoms with E-state index in [1.54, 1.807) is 66.8 Å². The molecule has 0 saturated carbocycles. The van der Waals surface area contributed by atoms with Gasteiger partial charge in [-0.2, -0.15) is 0 Å². The van der Waals surface area contributed by atoms with Gasteiger partial charge in [0, 0.05) is 42.9 Å². The standard InChI is InChI=1S/C26H32N6O2/c1-4-32(5-2)18-8-15-28-25(33)23-11-7-12-24(30-23)29-21-10-6-9-20(19-21)26(34)31(3)22-13-16-27-17-14-22/h6-7,9-14,16-17,19H,4-5,8,15,18H2,1-3H3,(H,28,33)(H,29,30). The predicted molar refractivity (Wildman–Crippen MR) is 136 cm³/mol. The molecule has 3 rings (SSSR count). The summed E-state index contributed by atoms with van der Waals surface area (Å²) in [6, 6.07) is 16.0. The summed E-state index contributed by atoms with van der Waals surface area (Å²) < 4.78 is 0. The zero-order valence-electron chi connectivity index (χ0n) is 20.0. The number of hydrogen-bond acceptors (Lipinski definition) is 6. The van der Waals surface area contributed by atoms with Crippen molar-refractivity contribution < 1.29 is 9.59 Å². The molecule has 2 heterocycles. The van der Waals surface area contributed by atoms with Gasteiger partial charge in [0.2, 0.25) is 0 Å². The molecule has 0 aliphatic heterocycles. The second-order valence-electron chi connectivity index (χ2n) is 7.82. The van der Waals surface area contributed by atoms with E-state index in [9.17, 15) is 9.59 Å². The Morgan fingerprint density at radius 2 is 1.71 bits per heavy atom. The number of aromatic nitrogens is 2. The van der Waals surface area contributed by atoms with Crippen LogP contribution in [0.15, 0.2) is 67.0 Å². The molecule has 178 valence electrons. The van der Waals surface area contributed by atoms with Gasteiger partial charge < -0.3 is 20.4 Å². The van der Waals surface area contributed by atoms with Gasteiger partial charge in [0.05, 0.1) is 0 Å². The van der Waals surface area contributed by atoms with Crippen LogP contribution in [-0.2, 0) is 0 Å². The van der Waals surface area contributed by atoms with Crippen molar-refractivity contribution in [3.63, 3.8) is 0 Å². The number of nitrogens with one attached hydrogen (secondary N) is 2. The average molecular weight is 461 g/mol. The lowest BCUT2D eigenvalue weighted by atomic mass is 10.1. The summed E-state index contributed by atoms with van der Waals surface area (Å²) in [5.74, 6) is 0.189. The number of rotatable bonds is 11. The van der Waals surface area contributed by atoms with E-state index in [0.29, 0.717) is 29.3 Å². The highest BCUT2D eigenvalue weighted by Crippen LogP contribution is 2.19. The molecule has 0 saturated heterocycles. The zero-order chi connectivity index (χ0) is 24.3. The maximum absolute atomic E-state index is 12.9. The van der Waals surface area contributed by atoms with Gasteiger partial charge in [-0.15, -0.1) is 0 Å². The van der Waals surface area contributed by atoms with Crippen LogP contribution in [0.1, 0.15) is 41.1 Å². The molecule has 8 heteroatoms. The number of pyridine rings is 2. The third-order valence-electron chi connectivity index (χ3n) is 5.55. The number of amides is 2. The Hall–Kier alpha value is -3.78. The molecule has 0 aliphatic rings. The molecule has 3 aromatic rings. The van der Waals surface area contributed by atoms with E-state index < -0.39 is 0 Å². The van der Waals surface area contributed by atoms with Crippen LogP contribution in [0.2, 0.25) is 0 Å². The number of nitrogens with zero attached hydrogens (tertiary/aromatic N) is 4. The number of anilines is 3. The fourth-order valence-corrected chi connectivity index (χ4v) is 3.52. The van der Waals surface area contributed by atoms with E-state index in [4.69, 9.17) is 0 Å². The van der Waals surface area contributed by atoms with E-state index in [0.717, 1.165) is 31.7 Å². The molecule has 1 aromatic carbocycles. The Balaban J connectivity index is 1.61. The third-order valence-corrected chi connectivity index (χ3v) is 5.55. The summed E-state index contributed by atoms with van der Waals surface area (Å²) in [7, 11) is 1.73. The summed E-state index contributed by atoms with van der Waals surface area (Å²) in [5.41, 5.74) is 2.35. The molecule has 0 bridgehead atoms. The van der Waals surface area contributed by atoms with Gasteiger partial charge in [-0.1, -0.05) is 26.0 Å². The van der Waals surface area contributed by atoms with Gasteiger partial charge in [-0.25, -0.2) is 4.98 Å². The average Bonchev–Trinajstić information content (AvgIpc) is 2.88. The van der Waals surface area contributed by atoms with Crippen LogP contribution in [0.5, 0.6) is 0 Å². The summed E-state index contributed by atoms with van der Waals surface area (Å²) in [4.78, 5) is 37.7. The molecule has 8 nitrogen and oxygen atoms in total. The van der Waals surface area contributed by atoms with Crippen molar-refractivity contribution in [2.75, 3.05) is 43.4 Å². The molecular weight excluding hydrogens is 428 g/mol. The van der Waals surface area contributed by atoms with Gasteiger partial charge in [-0.05, 0) is 68.5 Å². The highest BCUT2D eigenvalue weighted by atomic mass is 16.2. The lowest BCUT2D eigenvalue weighted by molar-refractivity contribution is 0.0945. The van der Waals surface area contributed by atoms with Crippen LogP contribution in [0, 0.1) is 0 Å². The molecular formula is C26H32N6O2. The zero-order valence-corrected chi connectivity index (χ0v) is 20.0. The highest BCUT2D eigenvalue weighted by Gasteiger charge is 2.14. The SMILES string of the molecule is CCN(CC)CCCNC(=O)c1cccc(Nc2cccc(C(=O)N(C)c3ccncc3)c2)n1. The Morgan fingerprint density at radius 3 is 2.44 bits per heavy atom. The van der Waals surface area contributed by atoms with Crippen molar-refractivity contribution in [3.05, 3.63) is 78.2 Å². The Morgan fingerprint density at radius 1 is 0.971 bits per heavy atom. The van der Waals surface area contributed by atoms with Gasteiger partial charge in [0.25, 0.3) is 11.8 Å². The van der Waals surface area contributed by atoms with Crippen molar-refractivity contribution >= 4 is 29.0 Å². The smallest absolute Gasteiger partial charge is 0.269 e. The van der Waals surface area contributed by atoms with E-state index in [1.165, 1.54) is 0 Å². The van der Waals surface area contributed by atoms with E-state index in [1.807, 2.05) is 12.1 Å². The first kappa shape index (κ1) is 24.9. The number of hydrogen-bond donors (Lipinski definition) is 2. The molecule has 0 spiro atoms. The quantitative estimate of drug-likeness (QED) is 0.421. The van der Waals surface area contributed by atoms with E-state index >= 15 is 0 Å². The number of carbonyl (C=O) groups is 2. The molecule has 2 aromatic heterocycles. The third kappa shape index (κ3) is 6.86. The molecule has 2 N–H and O–H groups in total. The summed E-state index contributed by atoms with van der Waals surface area (Å²) in [5, 5.41) is 6.13. The lowest BCUT2D eigenvalue weighted by Crippen LogP contribution is -2.30. The van der Waals surface area contributed by atoms with Crippen LogP contribution in [0.25, 0.3) is 0 Å². The second kappa shape index (κ2) is 12.5. The summed E-state index contributed by atoms with van der Waals surface area (Å²) in [6.07, 6.45) is 4.19. The maximum Gasteiger partial charge on any atom is 0.269 e. The normalized spacial score (nSPS) is 10.7. The van der Waals surface area contributed by atoms with E-state index in [2.05, 4.69) is 39.3 Å². The molecule has 0 fully saturated rings. The minimum Gasteiger partial charge on any atom is -0.351 e. The Kier molecular flexibility index (Phi) is 9.11. The first-order chi connectivity index (χ1) is 16.5. The first-order valence-corrected chi connectivity index (χ1v) is 11.5. The number of benzene rings is 1. The molecule has 0 unspecified atom stereocenters. The second-order valence-corrected chi connectivity index (χ2v) is 7.82. The largest absolute Gasteiger partial charge is 0.351 e. The molecule has 2 amide bonds. The molecule has 0 atom stereocenters. The summed E-state index contributed by atoms with van der Waals surface area (Å²) in [6.45, 7) is 7.83. The number of carbonyl (C=O) groups excluding carboxylic acids is 2. The lowest BCUT2D eigenvalue weighted by Gasteiger charge is -2.18. The fraction of sp³-hybridized carbons (Fsp3) is 0.308. The van der Waals surface area contributed by atoms with Crippen molar-refractivity contribution in [2.45, 2.75) is 20.3 Å². The van der Waals surface area contributed by atoms with Gasteiger partial charge in [-0.3, -0.25) is 14.6 Å². The Labute approximate surface area is 201 Å². The van der Waals surface area contributed by atoms with Crippen LogP contribution >= 0.6 is 0 Å². The van der Waals surface area contributed by atoms with Crippen molar-refractivity contribution in [3.8, 4) is 0 Å². The predicted octanol–water partition coefficient (Wildman–Crippen LogP) is 3.96. The minimum absolute atomic E-state index is 0.138. The molecule has 0 aliphatic carbocycles. The molecule has 34 heavy (non-hydrogen) atoms. The van der Waals surface area contributed by atoms with E-state index in [-0.39, 0.29) is 11.8 Å². The van der Waals surface area contributed by atoms with Crippen LogP contribution in [-0.4, -0.2) is 59.9 Å². The van der Waals surface area contributed by atoms with Crippen molar-refractivity contribution in [1.82, 2.24) is 20.2 Å². The van der Waals surface area contributed by atoms with Gasteiger partial charge >= 0.3 is 0 Å². The molecule has 0 radical (unpaired) electrons. The fourth-order valence-electron chi connectivity index (χ4n) is 3.52. The monoisotopic (exact) mass is 460 g/mol. The van der Waals surface area contributed by atoms with Crippen molar-refractivity contribution in [2.24, 2.45) is 0 Å². The van der Waals surface area contributed by atoms with Crippen LogP contribution < -0.4 is 15.5 Å². The van der Waals surface area contributed by atoms with Crippen LogP contribution in [0.4, 0.5) is 17.2 Å². The van der Waals surface area contributed by atoms with Gasteiger partial charge in [0.1, 0.15) is 11.5 Å². The first-order valence-electron chi connectivity index (χ1n) is 11.5. The van der Waals surface area contributed by atoms with Crippen LogP contribution in [0.3, 0.4) is 0 Å². The topological polar surface area (TPSA) is 90.5 Å². The maximum atomic E-state index is 12.9.